The number of thiazole rings is 1. The molecule has 1 saturated heterocycles. The molecule has 1 atom stereocenters. The maximum absolute atomic E-state index is 13.1. The van der Waals surface area contributed by atoms with E-state index in [1.807, 2.05) is 17.9 Å². The number of aromatic nitrogens is 3. The Bertz CT molecular complexity index is 909. The number of anilines is 1. The molecule has 0 saturated carbocycles. The molecule has 0 spiro atoms. The van der Waals surface area contributed by atoms with Gasteiger partial charge in [0.2, 0.25) is 5.91 Å². The summed E-state index contributed by atoms with van der Waals surface area (Å²) in [6, 6.07) is 6.18. The van der Waals surface area contributed by atoms with Gasteiger partial charge in [0.1, 0.15) is 5.82 Å². The van der Waals surface area contributed by atoms with Crippen LogP contribution in [0.25, 0.3) is 11.3 Å². The molecule has 1 aromatic carbocycles. The summed E-state index contributed by atoms with van der Waals surface area (Å²) < 4.78 is 15.1. The number of halogens is 1. The zero-order valence-corrected chi connectivity index (χ0v) is 16.2. The fraction of sp³-hybridized carbons (Fsp3) is 0.350. The highest BCUT2D eigenvalue weighted by molar-refractivity contribution is 7.14. The highest BCUT2D eigenvalue weighted by Gasteiger charge is 2.22. The molecule has 1 amide bonds. The van der Waals surface area contributed by atoms with Crippen LogP contribution in [0, 0.1) is 11.7 Å². The third kappa shape index (κ3) is 4.82. The molecule has 6 nitrogen and oxygen atoms in total. The maximum Gasteiger partial charge on any atom is 0.240 e. The Balaban J connectivity index is 1.30. The summed E-state index contributed by atoms with van der Waals surface area (Å²) in [6.45, 7) is 3.15. The number of rotatable bonds is 6. The maximum atomic E-state index is 13.1. The highest BCUT2D eigenvalue weighted by Crippen LogP contribution is 2.25. The number of hydrogen-bond acceptors (Lipinski definition) is 5. The van der Waals surface area contributed by atoms with Gasteiger partial charge in [-0.3, -0.25) is 9.69 Å². The average molecular weight is 399 g/mol. The molecule has 0 bridgehead atoms. The van der Waals surface area contributed by atoms with Crippen LogP contribution >= 0.6 is 11.3 Å². The van der Waals surface area contributed by atoms with Gasteiger partial charge in [0.15, 0.2) is 5.13 Å². The van der Waals surface area contributed by atoms with E-state index in [2.05, 4.69) is 24.8 Å². The van der Waals surface area contributed by atoms with Gasteiger partial charge < -0.3 is 9.88 Å². The van der Waals surface area contributed by atoms with E-state index in [0.29, 0.717) is 17.6 Å². The Morgan fingerprint density at radius 1 is 1.32 bits per heavy atom. The standard InChI is InChI=1S/C20H22FN5OS/c21-17-5-3-16(4-6-17)18-13-28-20(23-18)24-19(27)12-25-8-1-2-15(10-25)11-26-9-7-22-14-26/h3-7,9,13-15H,1-2,8,10-12H2,(H,23,24,27). The van der Waals surface area contributed by atoms with Gasteiger partial charge in [-0.05, 0) is 49.6 Å². The predicted octanol–water partition coefficient (Wildman–Crippen LogP) is 3.50. The van der Waals surface area contributed by atoms with Crippen molar-refractivity contribution in [3.05, 3.63) is 54.2 Å². The van der Waals surface area contributed by atoms with Crippen LogP contribution in [-0.2, 0) is 11.3 Å². The molecular weight excluding hydrogens is 377 g/mol. The summed E-state index contributed by atoms with van der Waals surface area (Å²) in [6.07, 6.45) is 7.88. The Labute approximate surface area is 167 Å². The summed E-state index contributed by atoms with van der Waals surface area (Å²) >= 11 is 1.38. The molecule has 1 N–H and O–H groups in total. The fourth-order valence-corrected chi connectivity index (χ4v) is 4.32. The minimum absolute atomic E-state index is 0.0525. The molecular formula is C20H22FN5OS. The van der Waals surface area contributed by atoms with Gasteiger partial charge in [0.25, 0.3) is 0 Å². The Kier molecular flexibility index (Phi) is 5.78. The van der Waals surface area contributed by atoms with Crippen LogP contribution < -0.4 is 5.32 Å². The molecule has 0 radical (unpaired) electrons. The first-order valence-corrected chi connectivity index (χ1v) is 10.2. The predicted molar refractivity (Wildman–Crippen MR) is 108 cm³/mol. The number of amides is 1. The zero-order chi connectivity index (χ0) is 19.3. The van der Waals surface area contributed by atoms with Crippen molar-refractivity contribution >= 4 is 22.4 Å². The van der Waals surface area contributed by atoms with Gasteiger partial charge in [0, 0.05) is 36.4 Å². The number of nitrogens with one attached hydrogen (secondary N) is 1. The Morgan fingerprint density at radius 2 is 2.18 bits per heavy atom. The number of likely N-dealkylation sites (tertiary alicyclic amines) is 1. The van der Waals surface area contributed by atoms with Crippen LogP contribution in [-0.4, -0.2) is 45.0 Å². The molecule has 8 heteroatoms. The molecule has 28 heavy (non-hydrogen) atoms. The monoisotopic (exact) mass is 399 g/mol. The second kappa shape index (κ2) is 8.62. The number of imidazole rings is 1. The minimum Gasteiger partial charge on any atom is -0.337 e. The Morgan fingerprint density at radius 3 is 2.96 bits per heavy atom. The second-order valence-corrected chi connectivity index (χ2v) is 7.95. The lowest BCUT2D eigenvalue weighted by atomic mass is 9.98. The topological polar surface area (TPSA) is 63.1 Å². The van der Waals surface area contributed by atoms with Crippen LogP contribution in [0.5, 0.6) is 0 Å². The lowest BCUT2D eigenvalue weighted by molar-refractivity contribution is -0.117. The lowest BCUT2D eigenvalue weighted by Crippen LogP contribution is -2.41. The van der Waals surface area contributed by atoms with E-state index in [4.69, 9.17) is 0 Å². The third-order valence-electron chi connectivity index (χ3n) is 4.89. The SMILES string of the molecule is O=C(CN1CCCC(Cn2ccnc2)C1)Nc1nc(-c2ccc(F)cc2)cs1. The summed E-state index contributed by atoms with van der Waals surface area (Å²) in [7, 11) is 0. The molecule has 3 heterocycles. The fourth-order valence-electron chi connectivity index (χ4n) is 3.58. The quantitative estimate of drug-likeness (QED) is 0.689. The van der Waals surface area contributed by atoms with Gasteiger partial charge in [0.05, 0.1) is 18.6 Å². The minimum atomic E-state index is -0.277. The second-order valence-electron chi connectivity index (χ2n) is 7.10. The van der Waals surface area contributed by atoms with Gasteiger partial charge >= 0.3 is 0 Å². The number of hydrogen-bond donors (Lipinski definition) is 1. The molecule has 1 aliphatic rings. The summed E-state index contributed by atoms with van der Waals surface area (Å²) in [5.41, 5.74) is 1.56. The molecule has 2 aromatic heterocycles. The first-order chi connectivity index (χ1) is 13.7. The molecule has 1 aliphatic heterocycles. The van der Waals surface area contributed by atoms with E-state index >= 15 is 0 Å². The van der Waals surface area contributed by atoms with E-state index in [-0.39, 0.29) is 11.7 Å². The number of piperidine rings is 1. The van der Waals surface area contributed by atoms with Crippen molar-refractivity contribution in [1.82, 2.24) is 19.4 Å². The molecule has 1 fully saturated rings. The van der Waals surface area contributed by atoms with Gasteiger partial charge in [-0.1, -0.05) is 0 Å². The van der Waals surface area contributed by atoms with Crippen molar-refractivity contribution in [2.75, 3.05) is 25.0 Å². The first-order valence-electron chi connectivity index (χ1n) is 9.35. The van der Waals surface area contributed by atoms with Crippen molar-refractivity contribution in [2.24, 2.45) is 5.92 Å². The number of carbonyl (C=O) groups is 1. The third-order valence-corrected chi connectivity index (χ3v) is 5.65. The number of nitrogens with zero attached hydrogens (tertiary/aromatic N) is 4. The van der Waals surface area contributed by atoms with Crippen LogP contribution in [0.4, 0.5) is 9.52 Å². The van der Waals surface area contributed by atoms with Crippen molar-refractivity contribution in [3.63, 3.8) is 0 Å². The van der Waals surface area contributed by atoms with Crippen LogP contribution in [0.1, 0.15) is 12.8 Å². The Hall–Kier alpha value is -2.58. The van der Waals surface area contributed by atoms with Gasteiger partial charge in [-0.2, -0.15) is 0 Å². The normalized spacial score (nSPS) is 17.5. The van der Waals surface area contributed by atoms with E-state index in [9.17, 15) is 9.18 Å². The summed E-state index contributed by atoms with van der Waals surface area (Å²) in [4.78, 5) is 23.2. The van der Waals surface area contributed by atoms with E-state index in [1.54, 1.807) is 18.3 Å². The van der Waals surface area contributed by atoms with Gasteiger partial charge in [-0.25, -0.2) is 14.4 Å². The van der Waals surface area contributed by atoms with E-state index < -0.39 is 0 Å². The largest absolute Gasteiger partial charge is 0.337 e. The average Bonchev–Trinajstić information content (AvgIpc) is 3.35. The van der Waals surface area contributed by atoms with Crippen LogP contribution in [0.3, 0.4) is 0 Å². The highest BCUT2D eigenvalue weighted by atomic mass is 32.1. The first kappa shape index (κ1) is 18.8. The lowest BCUT2D eigenvalue weighted by Gasteiger charge is -2.32. The number of carbonyl (C=O) groups excluding carboxylic acids is 1. The zero-order valence-electron chi connectivity index (χ0n) is 15.4. The van der Waals surface area contributed by atoms with Gasteiger partial charge in [-0.15, -0.1) is 11.3 Å². The van der Waals surface area contributed by atoms with Crippen LogP contribution in [0.2, 0.25) is 0 Å². The van der Waals surface area contributed by atoms with Crippen molar-refractivity contribution < 1.29 is 9.18 Å². The smallest absolute Gasteiger partial charge is 0.240 e. The van der Waals surface area contributed by atoms with Crippen molar-refractivity contribution in [3.8, 4) is 11.3 Å². The van der Waals surface area contributed by atoms with Crippen LogP contribution in [0.15, 0.2) is 48.4 Å². The summed E-state index contributed by atoms with van der Waals surface area (Å²) in [5.74, 6) is 0.198. The summed E-state index contributed by atoms with van der Waals surface area (Å²) in [5, 5.41) is 5.32. The molecule has 1 unspecified atom stereocenters. The van der Waals surface area contributed by atoms with Crippen molar-refractivity contribution in [2.45, 2.75) is 19.4 Å². The van der Waals surface area contributed by atoms with Crippen molar-refractivity contribution in [1.29, 1.82) is 0 Å². The van der Waals surface area contributed by atoms with E-state index in [0.717, 1.165) is 37.3 Å². The molecule has 0 aliphatic carbocycles. The molecule has 146 valence electrons. The molecule has 4 rings (SSSR count). The number of benzene rings is 1. The molecule has 3 aromatic rings. The van der Waals surface area contributed by atoms with E-state index in [1.165, 1.54) is 29.9 Å².